The topological polar surface area (TPSA) is 199 Å². The molecular formula is C37H44N6O9S. The molecule has 53 heavy (non-hydrogen) atoms. The fourth-order valence-corrected chi connectivity index (χ4v) is 7.90. The second-order valence-electron chi connectivity index (χ2n) is 15.0. The summed E-state index contributed by atoms with van der Waals surface area (Å²) in [4.78, 5) is 61.0. The Hall–Kier alpha value is -5.25. The molecule has 2 unspecified atom stereocenters. The molecule has 3 aromatic rings. The van der Waals surface area contributed by atoms with E-state index in [2.05, 4.69) is 33.7 Å². The number of carbonyl (C=O) groups is 4. The molecule has 3 N–H and O–H groups in total. The number of amides is 4. The molecule has 16 heteroatoms. The van der Waals surface area contributed by atoms with Gasteiger partial charge in [0, 0.05) is 24.0 Å². The van der Waals surface area contributed by atoms with Crippen LogP contribution in [0, 0.1) is 18.3 Å². The zero-order chi connectivity index (χ0) is 38.5. The van der Waals surface area contributed by atoms with Crippen molar-refractivity contribution in [3.05, 3.63) is 67.1 Å². The number of carbonyl (C=O) groups excluding carboxylic acids is 4. The largest absolute Gasteiger partial charge is 0.484 e. The third kappa shape index (κ3) is 7.77. The summed E-state index contributed by atoms with van der Waals surface area (Å²) in [5.41, 5.74) is 0.267. The van der Waals surface area contributed by atoms with Crippen LogP contribution in [0.3, 0.4) is 0 Å². The summed E-state index contributed by atoms with van der Waals surface area (Å²) >= 11 is 0. The van der Waals surface area contributed by atoms with Gasteiger partial charge in [-0.2, -0.15) is 0 Å². The van der Waals surface area contributed by atoms with Crippen molar-refractivity contribution < 1.29 is 41.6 Å². The van der Waals surface area contributed by atoms with Crippen LogP contribution in [0.15, 0.2) is 65.9 Å². The van der Waals surface area contributed by atoms with Crippen LogP contribution in [0.25, 0.3) is 22.4 Å². The molecule has 1 saturated heterocycles. The fourth-order valence-electron chi connectivity index (χ4n) is 6.54. The van der Waals surface area contributed by atoms with Crippen LogP contribution in [-0.2, 0) is 29.1 Å². The number of likely N-dealkylation sites (tertiary alicyclic amines) is 1. The number of nitrogens with zero attached hydrogens (tertiary/aromatic N) is 3. The van der Waals surface area contributed by atoms with Gasteiger partial charge in [0.05, 0.1) is 23.2 Å². The van der Waals surface area contributed by atoms with Crippen molar-refractivity contribution in [3.8, 4) is 17.0 Å². The summed E-state index contributed by atoms with van der Waals surface area (Å²) in [6, 6.07) is 8.77. The van der Waals surface area contributed by atoms with Gasteiger partial charge in [0.2, 0.25) is 27.4 Å². The molecule has 2 saturated carbocycles. The van der Waals surface area contributed by atoms with Crippen LogP contribution in [-0.4, -0.2) is 82.8 Å². The van der Waals surface area contributed by atoms with Crippen molar-refractivity contribution in [2.75, 3.05) is 6.54 Å². The monoisotopic (exact) mass is 748 g/mol. The van der Waals surface area contributed by atoms with E-state index < -0.39 is 74.1 Å². The Morgan fingerprint density at radius 2 is 1.85 bits per heavy atom. The summed E-state index contributed by atoms with van der Waals surface area (Å²) in [6.45, 7) is 15.7. The number of benzene rings is 1. The van der Waals surface area contributed by atoms with E-state index in [1.54, 1.807) is 33.8 Å². The van der Waals surface area contributed by atoms with E-state index in [1.165, 1.54) is 17.9 Å². The molecule has 3 heterocycles. The molecule has 282 valence electrons. The van der Waals surface area contributed by atoms with Gasteiger partial charge in [-0.15, -0.1) is 6.58 Å². The normalized spacial score (nSPS) is 23.1. The van der Waals surface area contributed by atoms with Crippen LogP contribution in [0.4, 0.5) is 4.79 Å². The molecule has 2 aliphatic carbocycles. The first-order chi connectivity index (χ1) is 24.9. The lowest BCUT2D eigenvalue weighted by atomic mass is 9.85. The molecule has 6 rings (SSSR count). The number of ether oxygens (including phenoxy) is 2. The predicted molar refractivity (Wildman–Crippen MR) is 193 cm³/mol. The lowest BCUT2D eigenvalue weighted by molar-refractivity contribution is -0.142. The van der Waals surface area contributed by atoms with Gasteiger partial charge in [0.25, 0.3) is 5.91 Å². The summed E-state index contributed by atoms with van der Waals surface area (Å²) in [7, 11) is -3.92. The molecule has 4 amide bonds. The molecule has 0 spiro atoms. The Kier molecular flexibility index (Phi) is 9.87. The van der Waals surface area contributed by atoms with Crippen molar-refractivity contribution >= 4 is 44.9 Å². The Morgan fingerprint density at radius 1 is 1.15 bits per heavy atom. The lowest BCUT2D eigenvalue weighted by Crippen LogP contribution is -2.60. The fraction of sp³-hybridized carbons (Fsp3) is 0.459. The minimum Gasteiger partial charge on any atom is -0.484 e. The highest BCUT2D eigenvalue weighted by atomic mass is 32.2. The molecule has 0 bridgehead atoms. The van der Waals surface area contributed by atoms with Crippen LogP contribution >= 0.6 is 0 Å². The van der Waals surface area contributed by atoms with Crippen molar-refractivity contribution in [1.29, 1.82) is 0 Å². The molecule has 1 aliphatic heterocycles. The van der Waals surface area contributed by atoms with Gasteiger partial charge in [0.15, 0.2) is 5.75 Å². The van der Waals surface area contributed by atoms with Gasteiger partial charge in [-0.3, -0.25) is 19.1 Å². The Balaban J connectivity index is 1.33. The minimum absolute atomic E-state index is 0.0287. The number of alkyl carbamates (subject to hydrolysis) is 1. The number of rotatable bonds is 12. The average molecular weight is 749 g/mol. The Labute approximate surface area is 307 Å². The van der Waals surface area contributed by atoms with E-state index >= 15 is 0 Å². The van der Waals surface area contributed by atoms with Crippen LogP contribution in [0.2, 0.25) is 0 Å². The summed E-state index contributed by atoms with van der Waals surface area (Å²) in [6.07, 6.45) is 0.784. The predicted octanol–water partition coefficient (Wildman–Crippen LogP) is 3.89. The molecule has 1 aromatic carbocycles. The van der Waals surface area contributed by atoms with Crippen LogP contribution in [0.5, 0.6) is 5.75 Å². The Bertz CT molecular complexity index is 2090. The van der Waals surface area contributed by atoms with Gasteiger partial charge in [-0.25, -0.2) is 18.2 Å². The molecule has 5 atom stereocenters. The summed E-state index contributed by atoms with van der Waals surface area (Å²) < 4.78 is 44.8. The standard InChI is InChI=1S/C37H44N6O9S/c1-8-23-18-37(23,34(46)42-53(48,49)25-14-15-25)40-32(44)27-16-24(19-43(27)33(45)31(36(5,6)7)39-35(47)50-20(2)3)51-28-17-26(22-12-10-9-11-13-22)38-29-21(4)41-52-30(28)29/h8-13,17,23-25,27,31H,1-2,14-16,18-19H2,3-7H3,(H,39,47)(H,40,44)(H,42,46)/t23?,24-,27+,31-,37?/m1/s1. The Morgan fingerprint density at radius 3 is 2.45 bits per heavy atom. The molecule has 3 fully saturated rings. The van der Waals surface area contributed by atoms with Gasteiger partial charge in [-0.1, -0.05) is 68.9 Å². The number of hydrogen-bond donors (Lipinski definition) is 3. The van der Waals surface area contributed by atoms with Gasteiger partial charge in [-0.05, 0) is 38.5 Å². The maximum absolute atomic E-state index is 14.5. The first kappa shape index (κ1) is 37.5. The zero-order valence-corrected chi connectivity index (χ0v) is 31.1. The van der Waals surface area contributed by atoms with E-state index in [-0.39, 0.29) is 30.7 Å². The number of nitrogens with one attached hydrogen (secondary N) is 3. The maximum Gasteiger partial charge on any atom is 0.412 e. The lowest BCUT2D eigenvalue weighted by Gasteiger charge is -2.35. The van der Waals surface area contributed by atoms with Gasteiger partial charge in [0.1, 0.15) is 34.9 Å². The summed E-state index contributed by atoms with van der Waals surface area (Å²) in [5, 5.41) is 8.81. The number of allylic oxidation sites excluding steroid dienone is 1. The van der Waals surface area contributed by atoms with E-state index in [1.807, 2.05) is 30.3 Å². The number of hydrogen-bond acceptors (Lipinski definition) is 11. The second kappa shape index (κ2) is 14.0. The second-order valence-corrected chi connectivity index (χ2v) is 17.0. The van der Waals surface area contributed by atoms with E-state index in [9.17, 15) is 27.6 Å². The first-order valence-corrected chi connectivity index (χ1v) is 18.9. The molecule has 15 nitrogen and oxygen atoms in total. The highest BCUT2D eigenvalue weighted by molar-refractivity contribution is 7.91. The molecule has 2 aromatic heterocycles. The van der Waals surface area contributed by atoms with Gasteiger partial charge < -0.3 is 29.5 Å². The highest BCUT2D eigenvalue weighted by Crippen LogP contribution is 2.46. The average Bonchev–Trinajstić information content (AvgIpc) is 3.99. The third-order valence-corrected chi connectivity index (χ3v) is 11.5. The third-order valence-electron chi connectivity index (χ3n) is 9.66. The quantitative estimate of drug-likeness (QED) is 0.179. The number of fused-ring (bicyclic) bond motifs is 1. The molecule has 0 radical (unpaired) electrons. The van der Waals surface area contributed by atoms with Crippen molar-refractivity contribution in [2.45, 2.75) is 89.3 Å². The number of sulfonamides is 1. The molecule has 3 aliphatic rings. The van der Waals surface area contributed by atoms with E-state index in [0.29, 0.717) is 35.5 Å². The van der Waals surface area contributed by atoms with Gasteiger partial charge >= 0.3 is 6.09 Å². The molecular weight excluding hydrogens is 705 g/mol. The number of aryl methyl sites for hydroxylation is 1. The number of pyridine rings is 1. The van der Waals surface area contributed by atoms with Crippen LogP contribution < -0.4 is 20.1 Å². The summed E-state index contributed by atoms with van der Waals surface area (Å²) in [5.74, 6) is -2.31. The smallest absolute Gasteiger partial charge is 0.412 e. The SMILES string of the molecule is C=CC1CC1(NC(=O)[C@@H]1C[C@@H](Oc2cc(-c3ccccc3)nc3c(C)noc23)CN1C(=O)[C@@H](NC(=O)OC(=C)C)C(C)(C)C)C(=O)NS(=O)(=O)C1CC1. The number of aromatic nitrogens is 2. The first-order valence-electron chi connectivity index (χ1n) is 17.4. The zero-order valence-electron chi connectivity index (χ0n) is 30.3. The van der Waals surface area contributed by atoms with Crippen LogP contribution in [0.1, 0.15) is 59.1 Å². The van der Waals surface area contributed by atoms with Crippen molar-refractivity contribution in [1.82, 2.24) is 30.4 Å². The van der Waals surface area contributed by atoms with Crippen molar-refractivity contribution in [3.63, 3.8) is 0 Å². The maximum atomic E-state index is 14.5. The van der Waals surface area contributed by atoms with Crippen molar-refractivity contribution in [2.24, 2.45) is 11.3 Å². The van der Waals surface area contributed by atoms with E-state index in [4.69, 9.17) is 19.0 Å². The highest BCUT2D eigenvalue weighted by Gasteiger charge is 2.62. The van der Waals surface area contributed by atoms with E-state index in [0.717, 1.165) is 5.56 Å². The minimum atomic E-state index is -3.92.